The Labute approximate surface area is 138 Å². The molecule has 0 fully saturated rings. The number of rotatable bonds is 8. The van der Waals surface area contributed by atoms with Crippen LogP contribution in [0, 0.1) is 5.82 Å². The van der Waals surface area contributed by atoms with E-state index in [1.54, 1.807) is 19.1 Å². The van der Waals surface area contributed by atoms with Crippen molar-refractivity contribution in [2.24, 2.45) is 4.99 Å². The van der Waals surface area contributed by atoms with E-state index < -0.39 is 24.0 Å². The van der Waals surface area contributed by atoms with E-state index in [1.165, 1.54) is 17.6 Å². The van der Waals surface area contributed by atoms with E-state index in [2.05, 4.69) is 11.7 Å². The molecule has 130 valence electrons. The molecule has 1 aromatic rings. The fraction of sp³-hybridized carbons (Fsp3) is 0.250. The van der Waals surface area contributed by atoms with E-state index in [1.807, 2.05) is 0 Å². The average Bonchev–Trinajstić information content (AvgIpc) is 2.57. The standard InChI is InChI=1S/C16H19FN2O5/c1-10(8-24-9-11-3-5-12(17)6-4-11)13(7-20)15(21)14(18-2)16(22)19-23/h3-6,20-21,23H,2,7-9H2,1H3,(H,19,22)/b13-10+,15-14+. The number of ether oxygens (including phenoxy) is 1. The SMILES string of the molecule is C=N/C(C(=O)NO)=C(O)\C(CO)=C(/C)COCc1ccc(F)cc1. The molecular weight excluding hydrogens is 319 g/mol. The van der Waals surface area contributed by atoms with Crippen molar-refractivity contribution in [2.75, 3.05) is 13.2 Å². The Bertz CT molecular complexity index is 653. The van der Waals surface area contributed by atoms with Gasteiger partial charge in [0, 0.05) is 5.57 Å². The van der Waals surface area contributed by atoms with E-state index >= 15 is 0 Å². The number of hydrogen-bond acceptors (Lipinski definition) is 6. The summed E-state index contributed by atoms with van der Waals surface area (Å²) in [6.07, 6.45) is 0. The van der Waals surface area contributed by atoms with Crippen LogP contribution < -0.4 is 5.48 Å². The normalized spacial score (nSPS) is 13.0. The number of nitrogens with zero attached hydrogens (tertiary/aromatic N) is 1. The number of halogens is 1. The Hall–Kier alpha value is -2.55. The summed E-state index contributed by atoms with van der Waals surface area (Å²) in [4.78, 5) is 14.7. The van der Waals surface area contributed by atoms with E-state index in [0.29, 0.717) is 5.57 Å². The highest BCUT2D eigenvalue weighted by Crippen LogP contribution is 2.18. The van der Waals surface area contributed by atoms with Gasteiger partial charge in [-0.1, -0.05) is 12.1 Å². The van der Waals surface area contributed by atoms with E-state index in [0.717, 1.165) is 5.56 Å². The molecule has 0 atom stereocenters. The van der Waals surface area contributed by atoms with Crippen molar-refractivity contribution >= 4 is 12.6 Å². The molecule has 7 nitrogen and oxygen atoms in total. The molecule has 0 saturated heterocycles. The molecule has 0 saturated carbocycles. The maximum absolute atomic E-state index is 12.8. The lowest BCUT2D eigenvalue weighted by Gasteiger charge is -2.12. The lowest BCUT2D eigenvalue weighted by atomic mass is 10.1. The number of benzene rings is 1. The van der Waals surface area contributed by atoms with Crippen LogP contribution in [0.1, 0.15) is 12.5 Å². The molecule has 1 rings (SSSR count). The number of nitrogens with one attached hydrogen (secondary N) is 1. The van der Waals surface area contributed by atoms with Crippen molar-refractivity contribution in [3.63, 3.8) is 0 Å². The van der Waals surface area contributed by atoms with Crippen LogP contribution in [0.5, 0.6) is 0 Å². The second-order valence-electron chi connectivity index (χ2n) is 4.83. The zero-order chi connectivity index (χ0) is 18.1. The zero-order valence-electron chi connectivity index (χ0n) is 13.1. The van der Waals surface area contributed by atoms with Crippen LogP contribution in [-0.4, -0.2) is 41.3 Å². The highest BCUT2D eigenvalue weighted by Gasteiger charge is 2.18. The largest absolute Gasteiger partial charge is 0.505 e. The van der Waals surface area contributed by atoms with E-state index in [-0.39, 0.29) is 24.6 Å². The Kier molecular flexibility index (Phi) is 7.76. The minimum atomic E-state index is -1.06. The molecule has 0 aliphatic rings. The van der Waals surface area contributed by atoms with Gasteiger partial charge in [-0.2, -0.15) is 0 Å². The summed E-state index contributed by atoms with van der Waals surface area (Å²) in [5, 5.41) is 28.1. The van der Waals surface area contributed by atoms with Gasteiger partial charge in [0.25, 0.3) is 5.91 Å². The minimum absolute atomic E-state index is 0.0279. The molecule has 1 amide bonds. The first kappa shape index (κ1) is 19.5. The van der Waals surface area contributed by atoms with Gasteiger partial charge < -0.3 is 14.9 Å². The minimum Gasteiger partial charge on any atom is -0.505 e. The summed E-state index contributed by atoms with van der Waals surface area (Å²) in [5.41, 5.74) is 2.03. The number of amides is 1. The third-order valence-electron chi connectivity index (χ3n) is 3.16. The van der Waals surface area contributed by atoms with Crippen molar-refractivity contribution in [1.29, 1.82) is 0 Å². The molecule has 0 aromatic heterocycles. The zero-order valence-corrected chi connectivity index (χ0v) is 13.1. The van der Waals surface area contributed by atoms with Crippen LogP contribution in [0.25, 0.3) is 0 Å². The van der Waals surface area contributed by atoms with Crippen molar-refractivity contribution in [3.05, 3.63) is 58.2 Å². The van der Waals surface area contributed by atoms with Gasteiger partial charge in [0.15, 0.2) is 11.5 Å². The average molecular weight is 338 g/mol. The number of carbonyl (C=O) groups excluding carboxylic acids is 1. The number of aliphatic imine (C=N–C) groups is 1. The first-order valence-electron chi connectivity index (χ1n) is 6.91. The number of aliphatic hydroxyl groups excluding tert-OH is 2. The summed E-state index contributed by atoms with van der Waals surface area (Å²) in [6, 6.07) is 5.77. The number of carbonyl (C=O) groups is 1. The van der Waals surface area contributed by atoms with Crippen LogP contribution in [0.4, 0.5) is 4.39 Å². The molecule has 0 radical (unpaired) electrons. The fourth-order valence-electron chi connectivity index (χ4n) is 1.85. The molecule has 0 unspecified atom stereocenters. The highest BCUT2D eigenvalue weighted by atomic mass is 19.1. The molecule has 0 aliphatic carbocycles. The molecule has 4 N–H and O–H groups in total. The Balaban J connectivity index is 2.86. The van der Waals surface area contributed by atoms with Crippen molar-refractivity contribution in [2.45, 2.75) is 13.5 Å². The number of hydrogen-bond donors (Lipinski definition) is 4. The van der Waals surface area contributed by atoms with Crippen molar-refractivity contribution in [3.8, 4) is 0 Å². The van der Waals surface area contributed by atoms with Crippen LogP contribution >= 0.6 is 0 Å². The summed E-state index contributed by atoms with van der Waals surface area (Å²) in [7, 11) is 0. The van der Waals surface area contributed by atoms with Gasteiger partial charge in [-0.3, -0.25) is 15.0 Å². The van der Waals surface area contributed by atoms with Crippen molar-refractivity contribution in [1.82, 2.24) is 5.48 Å². The topological polar surface area (TPSA) is 111 Å². The molecule has 8 heteroatoms. The first-order valence-corrected chi connectivity index (χ1v) is 6.91. The van der Waals surface area contributed by atoms with Crippen LogP contribution in [0.15, 0.2) is 51.9 Å². The first-order chi connectivity index (χ1) is 11.4. The third-order valence-corrected chi connectivity index (χ3v) is 3.16. The Morgan fingerprint density at radius 1 is 1.38 bits per heavy atom. The summed E-state index contributed by atoms with van der Waals surface area (Å²) >= 11 is 0. The summed E-state index contributed by atoms with van der Waals surface area (Å²) in [5.74, 6) is -2.02. The molecule has 1 aromatic carbocycles. The molecular formula is C16H19FN2O5. The molecule has 0 aliphatic heterocycles. The van der Waals surface area contributed by atoms with Gasteiger partial charge >= 0.3 is 0 Å². The van der Waals surface area contributed by atoms with Crippen LogP contribution in [0.3, 0.4) is 0 Å². The van der Waals surface area contributed by atoms with E-state index in [9.17, 15) is 19.4 Å². The predicted molar refractivity (Wildman–Crippen MR) is 85.0 cm³/mol. The smallest absolute Gasteiger partial charge is 0.297 e. The van der Waals surface area contributed by atoms with Gasteiger partial charge in [-0.15, -0.1) is 0 Å². The van der Waals surface area contributed by atoms with Gasteiger partial charge in [0.2, 0.25) is 0 Å². The lowest BCUT2D eigenvalue weighted by molar-refractivity contribution is -0.125. The molecule has 0 spiro atoms. The van der Waals surface area contributed by atoms with Crippen molar-refractivity contribution < 1.29 is 29.3 Å². The van der Waals surface area contributed by atoms with E-state index in [4.69, 9.17) is 9.94 Å². The predicted octanol–water partition coefficient (Wildman–Crippen LogP) is 1.63. The maximum atomic E-state index is 12.8. The summed E-state index contributed by atoms with van der Waals surface area (Å²) < 4.78 is 18.2. The number of aliphatic hydroxyl groups is 2. The van der Waals surface area contributed by atoms with Gasteiger partial charge in [-0.05, 0) is 36.9 Å². The second-order valence-corrected chi connectivity index (χ2v) is 4.83. The number of hydroxylamine groups is 1. The Morgan fingerprint density at radius 3 is 2.50 bits per heavy atom. The highest BCUT2D eigenvalue weighted by molar-refractivity contribution is 5.94. The molecule has 0 bridgehead atoms. The lowest BCUT2D eigenvalue weighted by Crippen LogP contribution is -2.22. The monoisotopic (exact) mass is 338 g/mol. The quantitative estimate of drug-likeness (QED) is 0.144. The third kappa shape index (κ3) is 5.27. The van der Waals surface area contributed by atoms with Gasteiger partial charge in [-0.25, -0.2) is 9.87 Å². The van der Waals surface area contributed by atoms with Crippen LogP contribution in [0.2, 0.25) is 0 Å². The Morgan fingerprint density at radius 2 is 2.00 bits per heavy atom. The fourth-order valence-corrected chi connectivity index (χ4v) is 1.85. The second kappa shape index (κ2) is 9.56. The van der Waals surface area contributed by atoms with Crippen LogP contribution in [-0.2, 0) is 16.1 Å². The summed E-state index contributed by atoms with van der Waals surface area (Å²) in [6.45, 7) is 4.39. The maximum Gasteiger partial charge on any atom is 0.297 e. The molecule has 24 heavy (non-hydrogen) atoms. The van der Waals surface area contributed by atoms with Gasteiger partial charge in [0.1, 0.15) is 5.82 Å². The molecule has 0 heterocycles. The van der Waals surface area contributed by atoms with Gasteiger partial charge in [0.05, 0.1) is 19.8 Å².